The summed E-state index contributed by atoms with van der Waals surface area (Å²) >= 11 is 6.04. The molecule has 0 radical (unpaired) electrons. The molecule has 0 spiro atoms. The van der Waals surface area contributed by atoms with Crippen molar-refractivity contribution in [2.45, 2.75) is 39.5 Å². The summed E-state index contributed by atoms with van der Waals surface area (Å²) in [4.78, 5) is 21.9. The summed E-state index contributed by atoms with van der Waals surface area (Å²) in [5.74, 6) is 2.09. The summed E-state index contributed by atoms with van der Waals surface area (Å²) < 4.78 is 0. The third-order valence-corrected chi connectivity index (χ3v) is 4.12. The average Bonchev–Trinajstić information content (AvgIpc) is 2.63. The number of aromatic nitrogens is 2. The Morgan fingerprint density at radius 2 is 2.16 bits per heavy atom. The first-order valence-electron chi connectivity index (χ1n) is 6.90. The standard InChI is InChI=1S/C14H20ClN3O/c1-3-11-5-4-7-18(8-6-11)14-12(9-19)13(15)16-10(2)17-14/h9,11H,3-8H2,1-2H3. The molecule has 0 aliphatic carbocycles. The third-order valence-electron chi connectivity index (χ3n) is 3.83. The summed E-state index contributed by atoms with van der Waals surface area (Å²) in [7, 11) is 0. The maximum atomic E-state index is 11.2. The van der Waals surface area contributed by atoms with Gasteiger partial charge in [0.1, 0.15) is 16.8 Å². The topological polar surface area (TPSA) is 46.1 Å². The van der Waals surface area contributed by atoms with Gasteiger partial charge in [-0.1, -0.05) is 24.9 Å². The Morgan fingerprint density at radius 3 is 2.84 bits per heavy atom. The van der Waals surface area contributed by atoms with Gasteiger partial charge in [-0.3, -0.25) is 4.79 Å². The van der Waals surface area contributed by atoms with Gasteiger partial charge in [0.15, 0.2) is 6.29 Å². The minimum absolute atomic E-state index is 0.258. The molecular formula is C14H20ClN3O. The molecule has 1 unspecified atom stereocenters. The number of hydrogen-bond donors (Lipinski definition) is 0. The van der Waals surface area contributed by atoms with Crippen LogP contribution in [-0.4, -0.2) is 29.3 Å². The second-order valence-electron chi connectivity index (χ2n) is 5.11. The zero-order chi connectivity index (χ0) is 13.8. The highest BCUT2D eigenvalue weighted by atomic mass is 35.5. The zero-order valence-corrected chi connectivity index (χ0v) is 12.3. The van der Waals surface area contributed by atoms with Gasteiger partial charge < -0.3 is 4.90 Å². The van der Waals surface area contributed by atoms with Crippen LogP contribution in [0.2, 0.25) is 5.15 Å². The van der Waals surface area contributed by atoms with Crippen LogP contribution in [0.15, 0.2) is 0 Å². The lowest BCUT2D eigenvalue weighted by Gasteiger charge is -2.23. The molecule has 104 valence electrons. The van der Waals surface area contributed by atoms with Crippen molar-refractivity contribution < 1.29 is 4.79 Å². The molecule has 1 aliphatic heterocycles. The minimum atomic E-state index is 0.258. The molecule has 19 heavy (non-hydrogen) atoms. The van der Waals surface area contributed by atoms with E-state index < -0.39 is 0 Å². The van der Waals surface area contributed by atoms with E-state index in [9.17, 15) is 4.79 Å². The first kappa shape index (κ1) is 14.3. The summed E-state index contributed by atoms with van der Waals surface area (Å²) in [6.07, 6.45) is 5.52. The third kappa shape index (κ3) is 3.24. The Balaban J connectivity index is 2.28. The molecule has 2 rings (SSSR count). The Bertz CT molecular complexity index is 464. The summed E-state index contributed by atoms with van der Waals surface area (Å²) in [6, 6.07) is 0. The van der Waals surface area contributed by atoms with Gasteiger partial charge in [-0.25, -0.2) is 9.97 Å². The number of anilines is 1. The Kier molecular flexibility index (Phi) is 4.75. The van der Waals surface area contributed by atoms with E-state index in [1.807, 2.05) is 0 Å². The molecule has 1 saturated heterocycles. The predicted molar refractivity (Wildman–Crippen MR) is 77.0 cm³/mol. The number of carbonyl (C=O) groups excluding carboxylic acids is 1. The van der Waals surface area contributed by atoms with Gasteiger partial charge in [0, 0.05) is 13.1 Å². The molecule has 1 aliphatic rings. The van der Waals surface area contributed by atoms with E-state index in [4.69, 9.17) is 11.6 Å². The normalized spacial score (nSPS) is 20.2. The molecule has 1 atom stereocenters. The zero-order valence-electron chi connectivity index (χ0n) is 11.5. The summed E-state index contributed by atoms with van der Waals surface area (Å²) in [5, 5.41) is 0.258. The van der Waals surface area contributed by atoms with Gasteiger partial charge in [-0.15, -0.1) is 0 Å². The molecule has 0 aromatic carbocycles. The van der Waals surface area contributed by atoms with E-state index in [-0.39, 0.29) is 5.15 Å². The number of nitrogens with zero attached hydrogens (tertiary/aromatic N) is 3. The molecule has 0 bridgehead atoms. The van der Waals surface area contributed by atoms with Crippen molar-refractivity contribution in [3.8, 4) is 0 Å². The first-order valence-corrected chi connectivity index (χ1v) is 7.27. The molecular weight excluding hydrogens is 262 g/mol. The molecule has 5 heteroatoms. The second kappa shape index (κ2) is 6.33. The van der Waals surface area contributed by atoms with E-state index >= 15 is 0 Å². The Morgan fingerprint density at radius 1 is 1.37 bits per heavy atom. The molecule has 1 fully saturated rings. The van der Waals surface area contributed by atoms with Crippen LogP contribution in [0.3, 0.4) is 0 Å². The molecule has 0 N–H and O–H groups in total. The van der Waals surface area contributed by atoms with Gasteiger partial charge >= 0.3 is 0 Å². The lowest BCUT2D eigenvalue weighted by Crippen LogP contribution is -2.27. The van der Waals surface area contributed by atoms with Crippen molar-refractivity contribution in [2.75, 3.05) is 18.0 Å². The van der Waals surface area contributed by atoms with Crippen molar-refractivity contribution in [1.82, 2.24) is 9.97 Å². The number of carbonyl (C=O) groups is 1. The maximum absolute atomic E-state index is 11.2. The van der Waals surface area contributed by atoms with Crippen LogP contribution in [0.4, 0.5) is 5.82 Å². The van der Waals surface area contributed by atoms with Crippen LogP contribution in [0, 0.1) is 12.8 Å². The molecule has 0 saturated carbocycles. The SMILES string of the molecule is CCC1CCCN(c2nc(C)nc(Cl)c2C=O)CC1. The number of hydrogen-bond acceptors (Lipinski definition) is 4. The monoisotopic (exact) mass is 281 g/mol. The average molecular weight is 282 g/mol. The predicted octanol–water partition coefficient (Wildman–Crippen LogP) is 3.27. The molecule has 1 aromatic rings. The fraction of sp³-hybridized carbons (Fsp3) is 0.643. The largest absolute Gasteiger partial charge is 0.356 e. The Hall–Kier alpha value is -1.16. The van der Waals surface area contributed by atoms with Gasteiger partial charge in [0.2, 0.25) is 0 Å². The fourth-order valence-corrected chi connectivity index (χ4v) is 2.91. The number of halogens is 1. The van der Waals surface area contributed by atoms with Gasteiger partial charge in [-0.05, 0) is 32.1 Å². The second-order valence-corrected chi connectivity index (χ2v) is 5.47. The van der Waals surface area contributed by atoms with Gasteiger partial charge in [-0.2, -0.15) is 0 Å². The van der Waals surface area contributed by atoms with Crippen LogP contribution in [0.25, 0.3) is 0 Å². The lowest BCUT2D eigenvalue weighted by atomic mass is 9.98. The lowest BCUT2D eigenvalue weighted by molar-refractivity contribution is 0.112. The highest BCUT2D eigenvalue weighted by molar-refractivity contribution is 6.32. The van der Waals surface area contributed by atoms with Gasteiger partial charge in [0.05, 0.1) is 5.56 Å². The highest BCUT2D eigenvalue weighted by Crippen LogP contribution is 2.27. The van der Waals surface area contributed by atoms with Crippen LogP contribution < -0.4 is 4.90 Å². The minimum Gasteiger partial charge on any atom is -0.356 e. The van der Waals surface area contributed by atoms with E-state index in [0.717, 1.165) is 38.1 Å². The maximum Gasteiger partial charge on any atom is 0.156 e. The van der Waals surface area contributed by atoms with Crippen LogP contribution in [0.1, 0.15) is 48.8 Å². The summed E-state index contributed by atoms with van der Waals surface area (Å²) in [5.41, 5.74) is 0.419. The van der Waals surface area contributed by atoms with Gasteiger partial charge in [0.25, 0.3) is 0 Å². The van der Waals surface area contributed by atoms with E-state index in [2.05, 4.69) is 21.8 Å². The highest BCUT2D eigenvalue weighted by Gasteiger charge is 2.21. The number of aldehydes is 1. The van der Waals surface area contributed by atoms with Crippen molar-refractivity contribution in [3.63, 3.8) is 0 Å². The number of aryl methyl sites for hydroxylation is 1. The van der Waals surface area contributed by atoms with E-state index in [1.165, 1.54) is 12.8 Å². The van der Waals surface area contributed by atoms with Crippen molar-refractivity contribution in [2.24, 2.45) is 5.92 Å². The van der Waals surface area contributed by atoms with Crippen LogP contribution >= 0.6 is 11.6 Å². The van der Waals surface area contributed by atoms with E-state index in [1.54, 1.807) is 6.92 Å². The quantitative estimate of drug-likeness (QED) is 0.630. The van der Waals surface area contributed by atoms with Crippen molar-refractivity contribution in [3.05, 3.63) is 16.5 Å². The van der Waals surface area contributed by atoms with Crippen molar-refractivity contribution >= 4 is 23.7 Å². The van der Waals surface area contributed by atoms with Crippen LogP contribution in [0.5, 0.6) is 0 Å². The molecule has 1 aromatic heterocycles. The first-order chi connectivity index (χ1) is 9.15. The molecule has 4 nitrogen and oxygen atoms in total. The Labute approximate surface area is 119 Å². The van der Waals surface area contributed by atoms with Crippen molar-refractivity contribution in [1.29, 1.82) is 0 Å². The molecule has 0 amide bonds. The molecule has 2 heterocycles. The summed E-state index contributed by atoms with van der Waals surface area (Å²) in [6.45, 7) is 5.91. The van der Waals surface area contributed by atoms with E-state index in [0.29, 0.717) is 17.2 Å². The smallest absolute Gasteiger partial charge is 0.156 e. The number of rotatable bonds is 3. The fourth-order valence-electron chi connectivity index (χ4n) is 2.66. The van der Waals surface area contributed by atoms with Crippen LogP contribution in [-0.2, 0) is 0 Å².